The average molecular weight is 923 g/mol. The van der Waals surface area contributed by atoms with Gasteiger partial charge in [0, 0.05) is 19.3 Å². The van der Waals surface area contributed by atoms with E-state index in [1.54, 1.807) is 0 Å². The Bertz CT molecular complexity index is 1530. The number of allylic oxidation sites excluding steroid dienone is 24. The fraction of sp³-hybridized carbons (Fsp3) is 0.557. The van der Waals surface area contributed by atoms with Crippen LogP contribution in [0.2, 0.25) is 0 Å². The van der Waals surface area contributed by atoms with Crippen LogP contribution in [0, 0.1) is 0 Å². The van der Waals surface area contributed by atoms with Gasteiger partial charge in [0.2, 0.25) is 0 Å². The van der Waals surface area contributed by atoms with Crippen LogP contribution in [0.25, 0.3) is 0 Å². The van der Waals surface area contributed by atoms with E-state index in [1.807, 2.05) is 0 Å². The monoisotopic (exact) mass is 923 g/mol. The molecule has 0 N–H and O–H groups in total. The van der Waals surface area contributed by atoms with Crippen molar-refractivity contribution in [3.8, 4) is 0 Å². The van der Waals surface area contributed by atoms with Gasteiger partial charge >= 0.3 is 17.9 Å². The first-order valence-corrected chi connectivity index (χ1v) is 26.3. The Hall–Kier alpha value is -4.71. The van der Waals surface area contributed by atoms with Crippen molar-refractivity contribution in [2.24, 2.45) is 0 Å². The van der Waals surface area contributed by atoms with Gasteiger partial charge in [0.1, 0.15) is 13.2 Å². The van der Waals surface area contributed by atoms with Gasteiger partial charge in [-0.25, -0.2) is 0 Å². The highest BCUT2D eigenvalue weighted by Crippen LogP contribution is 2.11. The molecule has 0 bridgehead atoms. The Balaban J connectivity index is 4.28. The van der Waals surface area contributed by atoms with Gasteiger partial charge in [-0.05, 0) is 116 Å². The summed E-state index contributed by atoms with van der Waals surface area (Å²) in [7, 11) is 0. The Morgan fingerprint density at radius 1 is 0.313 bits per heavy atom. The molecule has 0 aliphatic carbocycles. The van der Waals surface area contributed by atoms with E-state index in [1.165, 1.54) is 0 Å². The molecule has 0 fully saturated rings. The largest absolute Gasteiger partial charge is 0.462 e. The van der Waals surface area contributed by atoms with Crippen molar-refractivity contribution in [3.05, 3.63) is 146 Å². The summed E-state index contributed by atoms with van der Waals surface area (Å²) in [5, 5.41) is 0. The normalized spacial score (nSPS) is 13.3. The lowest BCUT2D eigenvalue weighted by molar-refractivity contribution is -0.167. The number of esters is 3. The number of rotatable bonds is 45. The lowest BCUT2D eigenvalue weighted by Gasteiger charge is -2.18. The van der Waals surface area contributed by atoms with E-state index in [2.05, 4.69) is 167 Å². The highest BCUT2D eigenvalue weighted by atomic mass is 16.6. The summed E-state index contributed by atoms with van der Waals surface area (Å²) >= 11 is 0. The van der Waals surface area contributed by atoms with Crippen molar-refractivity contribution in [3.63, 3.8) is 0 Å². The first kappa shape index (κ1) is 62.3. The van der Waals surface area contributed by atoms with Gasteiger partial charge in [-0.1, -0.05) is 212 Å². The van der Waals surface area contributed by atoms with Crippen LogP contribution in [0.3, 0.4) is 0 Å². The molecular formula is C61H94O6. The van der Waals surface area contributed by atoms with E-state index in [0.717, 1.165) is 154 Å². The van der Waals surface area contributed by atoms with E-state index >= 15 is 0 Å². The molecule has 0 saturated carbocycles. The SMILES string of the molecule is CC/C=C\C/C=C\C/C=C\C/C=C\C/C=C\C/C=C\C/C=C\CCCCCCCC(=O)OCC(COC(=O)CCCCCCC)OC(=O)CCC/C=C\C/C=C\C/C=C\C/C=C\C/C=C\CC. The molecule has 67 heavy (non-hydrogen) atoms. The molecule has 6 nitrogen and oxygen atoms in total. The van der Waals surface area contributed by atoms with E-state index in [9.17, 15) is 14.4 Å². The van der Waals surface area contributed by atoms with Gasteiger partial charge in [0.05, 0.1) is 0 Å². The predicted molar refractivity (Wildman–Crippen MR) is 288 cm³/mol. The van der Waals surface area contributed by atoms with Crippen LogP contribution in [0.5, 0.6) is 0 Å². The lowest BCUT2D eigenvalue weighted by Crippen LogP contribution is -2.30. The van der Waals surface area contributed by atoms with Crippen LogP contribution in [0.1, 0.15) is 201 Å². The maximum Gasteiger partial charge on any atom is 0.306 e. The predicted octanol–water partition coefficient (Wildman–Crippen LogP) is 17.6. The maximum atomic E-state index is 12.7. The Morgan fingerprint density at radius 3 is 0.955 bits per heavy atom. The number of ether oxygens (including phenoxy) is 3. The first-order chi connectivity index (χ1) is 33.0. The zero-order chi connectivity index (χ0) is 48.6. The third-order valence-electron chi connectivity index (χ3n) is 10.3. The van der Waals surface area contributed by atoms with Gasteiger partial charge in [-0.15, -0.1) is 0 Å². The summed E-state index contributed by atoms with van der Waals surface area (Å²) in [6, 6.07) is 0. The average Bonchev–Trinajstić information content (AvgIpc) is 3.33. The maximum absolute atomic E-state index is 12.7. The Kier molecular flexibility index (Phi) is 50.1. The van der Waals surface area contributed by atoms with E-state index < -0.39 is 6.10 Å². The van der Waals surface area contributed by atoms with Crippen molar-refractivity contribution in [1.29, 1.82) is 0 Å². The molecule has 1 atom stereocenters. The van der Waals surface area contributed by atoms with Gasteiger partial charge in [0.15, 0.2) is 6.10 Å². The lowest BCUT2D eigenvalue weighted by atomic mass is 10.1. The van der Waals surface area contributed by atoms with Gasteiger partial charge < -0.3 is 14.2 Å². The molecule has 0 saturated heterocycles. The fourth-order valence-electron chi connectivity index (χ4n) is 6.46. The summed E-state index contributed by atoms with van der Waals surface area (Å²) in [4.78, 5) is 37.7. The first-order valence-electron chi connectivity index (χ1n) is 26.3. The molecule has 1 unspecified atom stereocenters. The summed E-state index contributed by atoms with van der Waals surface area (Å²) in [5.41, 5.74) is 0. The molecule has 0 aromatic rings. The van der Waals surface area contributed by atoms with Crippen molar-refractivity contribution in [1.82, 2.24) is 0 Å². The van der Waals surface area contributed by atoms with Crippen molar-refractivity contribution < 1.29 is 28.6 Å². The number of carbonyl (C=O) groups is 3. The molecule has 374 valence electrons. The number of unbranched alkanes of at least 4 members (excludes halogenated alkanes) is 10. The fourth-order valence-corrected chi connectivity index (χ4v) is 6.46. The second kappa shape index (κ2) is 53.9. The molecule has 0 aromatic heterocycles. The minimum Gasteiger partial charge on any atom is -0.462 e. The van der Waals surface area contributed by atoms with Crippen molar-refractivity contribution >= 4 is 17.9 Å². The summed E-state index contributed by atoms with van der Waals surface area (Å²) in [6.45, 7) is 6.23. The number of carbonyl (C=O) groups excluding carboxylic acids is 3. The smallest absolute Gasteiger partial charge is 0.306 e. The van der Waals surface area contributed by atoms with E-state index in [-0.39, 0.29) is 37.5 Å². The molecule has 0 spiro atoms. The molecule has 0 aliphatic rings. The third kappa shape index (κ3) is 52.1. The molecule has 0 aliphatic heterocycles. The van der Waals surface area contributed by atoms with Crippen molar-refractivity contribution in [2.45, 2.75) is 207 Å². The van der Waals surface area contributed by atoms with Gasteiger partial charge in [-0.2, -0.15) is 0 Å². The highest BCUT2D eigenvalue weighted by molar-refractivity contribution is 5.71. The van der Waals surface area contributed by atoms with Crippen LogP contribution in [-0.4, -0.2) is 37.2 Å². The van der Waals surface area contributed by atoms with Crippen LogP contribution in [0.4, 0.5) is 0 Å². The van der Waals surface area contributed by atoms with E-state index in [4.69, 9.17) is 14.2 Å². The summed E-state index contributed by atoms with van der Waals surface area (Å²) < 4.78 is 16.6. The molecule has 0 radical (unpaired) electrons. The summed E-state index contributed by atoms with van der Waals surface area (Å²) in [5.74, 6) is -1.02. The highest BCUT2D eigenvalue weighted by Gasteiger charge is 2.19. The molecule has 0 amide bonds. The minimum atomic E-state index is -0.818. The summed E-state index contributed by atoms with van der Waals surface area (Å²) in [6.07, 6.45) is 77.4. The van der Waals surface area contributed by atoms with Crippen LogP contribution in [-0.2, 0) is 28.6 Å². The van der Waals surface area contributed by atoms with Gasteiger partial charge in [0.25, 0.3) is 0 Å². The second-order valence-corrected chi connectivity index (χ2v) is 16.7. The zero-order valence-electron chi connectivity index (χ0n) is 42.6. The minimum absolute atomic E-state index is 0.114. The Morgan fingerprint density at radius 2 is 0.597 bits per heavy atom. The van der Waals surface area contributed by atoms with Crippen molar-refractivity contribution in [2.75, 3.05) is 13.2 Å². The quantitative estimate of drug-likeness (QED) is 0.0262. The molecular weight excluding hydrogens is 829 g/mol. The standard InChI is InChI=1S/C61H94O6/c1-4-7-10-13-15-17-19-21-23-25-26-27-28-29-30-31-32-33-34-36-37-39-41-43-45-48-51-54-60(63)66-57-58(56-65-59(62)53-50-47-12-9-6-3)67-61(64)55-52-49-46-44-42-40-38-35-24-22-20-18-16-14-11-8-5-2/h7-8,10-11,15-18,21-24,26-27,29-30,32-33,36-38,40,44,46,58H,4-6,9,12-14,19-20,25,28,31,34-35,39,41-43,45,47-57H2,1-3H3/b10-7-,11-8-,17-15-,18-16-,23-21-,24-22-,27-26-,30-29-,33-32-,37-36-,40-38-,46-44-. The number of hydrogen-bond acceptors (Lipinski definition) is 6. The van der Waals surface area contributed by atoms with E-state index in [0.29, 0.717) is 19.3 Å². The Labute approximate surface area is 410 Å². The molecule has 0 rings (SSSR count). The van der Waals surface area contributed by atoms with Crippen LogP contribution in [0.15, 0.2) is 146 Å². The molecule has 0 aromatic carbocycles. The molecule has 0 heterocycles. The number of hydrogen-bond donors (Lipinski definition) is 0. The van der Waals surface area contributed by atoms with Gasteiger partial charge in [-0.3, -0.25) is 14.4 Å². The third-order valence-corrected chi connectivity index (χ3v) is 10.3. The second-order valence-electron chi connectivity index (χ2n) is 16.7. The molecule has 6 heteroatoms. The van der Waals surface area contributed by atoms with Crippen LogP contribution >= 0.6 is 0 Å². The van der Waals surface area contributed by atoms with Crippen LogP contribution < -0.4 is 0 Å². The topological polar surface area (TPSA) is 78.9 Å². The zero-order valence-corrected chi connectivity index (χ0v) is 42.6.